The molecular formula is C22H27NO4. The van der Waals surface area contributed by atoms with E-state index in [1.807, 2.05) is 24.3 Å². The molecule has 0 bridgehead atoms. The molecule has 0 aromatic heterocycles. The van der Waals surface area contributed by atoms with Crippen LogP contribution in [0.5, 0.6) is 11.5 Å². The summed E-state index contributed by atoms with van der Waals surface area (Å²) in [6.07, 6.45) is 1.31. The van der Waals surface area contributed by atoms with Gasteiger partial charge >= 0.3 is 5.97 Å². The number of hydrogen-bond acceptors (Lipinski definition) is 4. The predicted octanol–water partition coefficient (Wildman–Crippen LogP) is 3.90. The molecule has 0 radical (unpaired) electrons. The van der Waals surface area contributed by atoms with Gasteiger partial charge in [0, 0.05) is 5.56 Å². The molecule has 144 valence electrons. The van der Waals surface area contributed by atoms with Crippen LogP contribution in [0.15, 0.2) is 42.5 Å². The van der Waals surface area contributed by atoms with Crippen LogP contribution in [0.1, 0.15) is 35.6 Å². The Bertz CT molecular complexity index is 797. The highest BCUT2D eigenvalue weighted by atomic mass is 16.5. The molecule has 27 heavy (non-hydrogen) atoms. The Morgan fingerprint density at radius 2 is 1.70 bits per heavy atom. The van der Waals surface area contributed by atoms with Crippen molar-refractivity contribution in [2.75, 3.05) is 27.3 Å². The van der Waals surface area contributed by atoms with Crippen molar-refractivity contribution in [2.45, 2.75) is 25.8 Å². The molecule has 1 unspecified atom stereocenters. The van der Waals surface area contributed by atoms with E-state index < -0.39 is 5.97 Å². The Balaban J connectivity index is 2.05. The standard InChI is InChI=1S/C22H27NO4/c1-15-7-4-5-8-17(15)20(23-13-11-16(12-14-23)22(24)25)18-9-6-10-19(26-2)21(18)27-3/h4-10,16,20H,11-14H2,1-3H3,(H,24,25). The first-order valence-corrected chi connectivity index (χ1v) is 9.30. The second-order valence-corrected chi connectivity index (χ2v) is 6.99. The van der Waals surface area contributed by atoms with E-state index in [9.17, 15) is 9.90 Å². The normalized spacial score (nSPS) is 16.7. The van der Waals surface area contributed by atoms with Crippen molar-refractivity contribution >= 4 is 5.97 Å². The molecule has 2 aromatic carbocycles. The number of para-hydroxylation sites is 1. The summed E-state index contributed by atoms with van der Waals surface area (Å²) in [4.78, 5) is 13.7. The minimum atomic E-state index is -0.693. The van der Waals surface area contributed by atoms with Crippen LogP contribution in [0.4, 0.5) is 0 Å². The van der Waals surface area contributed by atoms with Crippen LogP contribution in [0, 0.1) is 12.8 Å². The third-order valence-corrected chi connectivity index (χ3v) is 5.45. The summed E-state index contributed by atoms with van der Waals surface area (Å²) < 4.78 is 11.2. The van der Waals surface area contributed by atoms with Crippen molar-refractivity contribution in [2.24, 2.45) is 5.92 Å². The molecular weight excluding hydrogens is 342 g/mol. The summed E-state index contributed by atoms with van der Waals surface area (Å²) in [6, 6.07) is 14.3. The van der Waals surface area contributed by atoms with Crippen LogP contribution < -0.4 is 9.47 Å². The number of carboxylic acids is 1. The van der Waals surface area contributed by atoms with Crippen LogP contribution in [-0.2, 0) is 4.79 Å². The van der Waals surface area contributed by atoms with Crippen LogP contribution in [0.2, 0.25) is 0 Å². The van der Waals surface area contributed by atoms with Crippen LogP contribution in [-0.4, -0.2) is 43.3 Å². The topological polar surface area (TPSA) is 59.0 Å². The number of aryl methyl sites for hydroxylation is 1. The lowest BCUT2D eigenvalue weighted by atomic mass is 9.89. The van der Waals surface area contributed by atoms with E-state index in [4.69, 9.17) is 9.47 Å². The lowest BCUT2D eigenvalue weighted by Crippen LogP contribution is -2.39. The first-order valence-electron chi connectivity index (χ1n) is 9.30. The molecule has 1 aliphatic rings. The number of nitrogens with zero attached hydrogens (tertiary/aromatic N) is 1. The Morgan fingerprint density at radius 3 is 2.30 bits per heavy atom. The molecule has 1 N–H and O–H groups in total. The third kappa shape index (κ3) is 3.93. The highest BCUT2D eigenvalue weighted by Crippen LogP contribution is 2.42. The number of methoxy groups -OCH3 is 2. The molecule has 5 heteroatoms. The molecule has 3 rings (SSSR count). The molecule has 1 heterocycles. The second kappa shape index (κ2) is 8.44. The van der Waals surface area contributed by atoms with Gasteiger partial charge in [0.1, 0.15) is 0 Å². The Kier molecular flexibility index (Phi) is 6.01. The molecule has 2 aromatic rings. The second-order valence-electron chi connectivity index (χ2n) is 6.99. The lowest BCUT2D eigenvalue weighted by molar-refractivity contribution is -0.143. The van der Waals surface area contributed by atoms with Gasteiger partial charge in [-0.05, 0) is 50.0 Å². The highest BCUT2D eigenvalue weighted by Gasteiger charge is 2.32. The number of piperidine rings is 1. The van der Waals surface area contributed by atoms with Gasteiger partial charge in [0.25, 0.3) is 0 Å². The number of aliphatic carboxylic acids is 1. The highest BCUT2D eigenvalue weighted by molar-refractivity contribution is 5.70. The Morgan fingerprint density at radius 1 is 1.04 bits per heavy atom. The molecule has 5 nitrogen and oxygen atoms in total. The van der Waals surface area contributed by atoms with E-state index in [1.165, 1.54) is 11.1 Å². The maximum atomic E-state index is 11.4. The van der Waals surface area contributed by atoms with E-state index in [1.54, 1.807) is 14.2 Å². The summed E-state index contributed by atoms with van der Waals surface area (Å²) >= 11 is 0. The molecule has 1 atom stereocenters. The minimum Gasteiger partial charge on any atom is -0.493 e. The fourth-order valence-electron chi connectivity index (χ4n) is 3.99. The number of ether oxygens (including phenoxy) is 2. The molecule has 1 aliphatic heterocycles. The summed E-state index contributed by atoms with van der Waals surface area (Å²) in [6.45, 7) is 3.58. The van der Waals surface area contributed by atoms with Crippen LogP contribution in [0.3, 0.4) is 0 Å². The minimum absolute atomic E-state index is 0.00834. The van der Waals surface area contributed by atoms with Gasteiger partial charge < -0.3 is 14.6 Å². The quantitative estimate of drug-likeness (QED) is 0.837. The summed E-state index contributed by atoms with van der Waals surface area (Å²) in [7, 11) is 3.30. The maximum absolute atomic E-state index is 11.4. The molecule has 0 amide bonds. The first-order chi connectivity index (χ1) is 13.1. The summed E-state index contributed by atoms with van der Waals surface area (Å²) in [5.74, 6) is 0.481. The summed E-state index contributed by atoms with van der Waals surface area (Å²) in [5, 5.41) is 9.34. The van der Waals surface area contributed by atoms with Gasteiger partial charge in [0.15, 0.2) is 11.5 Å². The van der Waals surface area contributed by atoms with E-state index in [0.29, 0.717) is 18.6 Å². The average molecular weight is 369 g/mol. The maximum Gasteiger partial charge on any atom is 0.306 e. The van der Waals surface area contributed by atoms with Crippen molar-refractivity contribution in [3.63, 3.8) is 0 Å². The number of carbonyl (C=O) groups is 1. The number of rotatable bonds is 6. The number of likely N-dealkylation sites (tertiary alicyclic amines) is 1. The van der Waals surface area contributed by atoms with Gasteiger partial charge in [-0.3, -0.25) is 9.69 Å². The zero-order chi connectivity index (χ0) is 19.4. The molecule has 0 spiro atoms. The van der Waals surface area contributed by atoms with Crippen molar-refractivity contribution in [1.82, 2.24) is 4.90 Å². The average Bonchev–Trinajstić information content (AvgIpc) is 2.69. The molecule has 1 saturated heterocycles. The van der Waals surface area contributed by atoms with Gasteiger partial charge in [-0.1, -0.05) is 36.4 Å². The Labute approximate surface area is 160 Å². The zero-order valence-electron chi connectivity index (χ0n) is 16.1. The van der Waals surface area contributed by atoms with E-state index in [-0.39, 0.29) is 12.0 Å². The monoisotopic (exact) mass is 369 g/mol. The Hall–Kier alpha value is -2.53. The van der Waals surface area contributed by atoms with Gasteiger partial charge in [-0.25, -0.2) is 0 Å². The van der Waals surface area contributed by atoms with Crippen LogP contribution >= 0.6 is 0 Å². The molecule has 0 saturated carbocycles. The van der Waals surface area contributed by atoms with Gasteiger partial charge in [-0.15, -0.1) is 0 Å². The van der Waals surface area contributed by atoms with Gasteiger partial charge in [0.05, 0.1) is 26.2 Å². The number of benzene rings is 2. The molecule has 0 aliphatic carbocycles. The predicted molar refractivity (Wildman–Crippen MR) is 105 cm³/mol. The van der Waals surface area contributed by atoms with Gasteiger partial charge in [-0.2, -0.15) is 0 Å². The van der Waals surface area contributed by atoms with E-state index >= 15 is 0 Å². The van der Waals surface area contributed by atoms with Crippen molar-refractivity contribution < 1.29 is 19.4 Å². The number of carboxylic acid groups (broad SMARTS) is 1. The summed E-state index contributed by atoms with van der Waals surface area (Å²) in [5.41, 5.74) is 3.45. The fraction of sp³-hybridized carbons (Fsp3) is 0.409. The van der Waals surface area contributed by atoms with E-state index in [2.05, 4.69) is 30.0 Å². The third-order valence-electron chi connectivity index (χ3n) is 5.45. The largest absolute Gasteiger partial charge is 0.493 e. The van der Waals surface area contributed by atoms with Gasteiger partial charge in [0.2, 0.25) is 0 Å². The lowest BCUT2D eigenvalue weighted by Gasteiger charge is -2.38. The first kappa shape index (κ1) is 19.2. The number of hydrogen-bond donors (Lipinski definition) is 1. The van der Waals surface area contributed by atoms with Crippen molar-refractivity contribution in [3.05, 3.63) is 59.2 Å². The van der Waals surface area contributed by atoms with E-state index in [0.717, 1.165) is 24.4 Å². The van der Waals surface area contributed by atoms with Crippen LogP contribution in [0.25, 0.3) is 0 Å². The smallest absolute Gasteiger partial charge is 0.306 e. The van der Waals surface area contributed by atoms with Crippen molar-refractivity contribution in [3.8, 4) is 11.5 Å². The zero-order valence-corrected chi connectivity index (χ0v) is 16.1. The van der Waals surface area contributed by atoms with Crippen molar-refractivity contribution in [1.29, 1.82) is 0 Å². The SMILES string of the molecule is COc1cccc(C(c2ccccc2C)N2CCC(C(=O)O)CC2)c1OC. The fourth-order valence-corrected chi connectivity index (χ4v) is 3.99. The molecule has 1 fully saturated rings.